The van der Waals surface area contributed by atoms with Gasteiger partial charge in [-0.1, -0.05) is 35.0 Å². The maximum atomic E-state index is 12.5. The summed E-state index contributed by atoms with van der Waals surface area (Å²) in [6.07, 6.45) is 0.469. The van der Waals surface area contributed by atoms with Crippen molar-refractivity contribution in [3.63, 3.8) is 0 Å². The highest BCUT2D eigenvalue weighted by atomic mass is 79.9. The average molecular weight is 416 g/mol. The van der Waals surface area contributed by atoms with E-state index in [2.05, 4.69) is 21.2 Å². The van der Waals surface area contributed by atoms with Gasteiger partial charge in [0.05, 0.1) is 5.54 Å². The van der Waals surface area contributed by atoms with Crippen molar-refractivity contribution < 1.29 is 9.59 Å². The Balaban J connectivity index is 0.00000288. The number of halogens is 2. The van der Waals surface area contributed by atoms with Gasteiger partial charge >= 0.3 is 0 Å². The van der Waals surface area contributed by atoms with E-state index in [1.165, 1.54) is 0 Å². The zero-order chi connectivity index (χ0) is 17.2. The van der Waals surface area contributed by atoms with E-state index < -0.39 is 5.54 Å². The molecule has 0 aromatic heterocycles. The van der Waals surface area contributed by atoms with E-state index >= 15 is 0 Å². The van der Waals surface area contributed by atoms with E-state index in [4.69, 9.17) is 0 Å². The zero-order valence-electron chi connectivity index (χ0n) is 14.5. The number of hydrogen-bond donors (Lipinski definition) is 1. The van der Waals surface area contributed by atoms with Gasteiger partial charge in [-0.2, -0.15) is 0 Å². The lowest BCUT2D eigenvalue weighted by atomic mass is 9.90. The van der Waals surface area contributed by atoms with Crippen LogP contribution in [0.3, 0.4) is 0 Å². The van der Waals surface area contributed by atoms with Gasteiger partial charge < -0.3 is 10.2 Å². The Morgan fingerprint density at radius 2 is 1.79 bits per heavy atom. The molecule has 1 aliphatic heterocycles. The summed E-state index contributed by atoms with van der Waals surface area (Å²) in [5, 5.41) is 3.03. The number of carbonyl (C=O) groups is 2. The normalized spacial score (nSPS) is 15.8. The van der Waals surface area contributed by atoms with E-state index in [0.717, 1.165) is 15.6 Å². The first-order chi connectivity index (χ1) is 10.8. The maximum absolute atomic E-state index is 12.5. The molecule has 0 saturated heterocycles. The van der Waals surface area contributed by atoms with Gasteiger partial charge in [-0.3, -0.25) is 9.59 Å². The quantitative estimate of drug-likeness (QED) is 0.795. The molecule has 4 nitrogen and oxygen atoms in total. The smallest absolute Gasteiger partial charge is 0.252 e. The monoisotopic (exact) mass is 414 g/mol. The van der Waals surface area contributed by atoms with E-state index in [9.17, 15) is 9.59 Å². The third-order valence-corrected chi connectivity index (χ3v) is 4.76. The molecule has 0 aliphatic carbocycles. The van der Waals surface area contributed by atoms with Gasteiger partial charge in [-0.05, 0) is 44.0 Å². The van der Waals surface area contributed by atoms with Gasteiger partial charge in [-0.15, -0.1) is 12.4 Å². The van der Waals surface area contributed by atoms with Crippen LogP contribution in [0.5, 0.6) is 0 Å². The summed E-state index contributed by atoms with van der Waals surface area (Å²) in [7, 11) is 0. The fourth-order valence-corrected chi connectivity index (χ4v) is 3.13. The van der Waals surface area contributed by atoms with Crippen LogP contribution in [-0.4, -0.2) is 35.3 Å². The summed E-state index contributed by atoms with van der Waals surface area (Å²) in [5.74, 6) is 0.0256. The standard InChI is InChI=1S/C18H23BrN2O2.ClH/c1-5-15(22)21(6-2)11-14-16(17(23)20-18(14,3)4)12-7-9-13(19)10-8-12;/h7-10H,5-6,11H2,1-4H3,(H,20,23);1H. The van der Waals surface area contributed by atoms with Gasteiger partial charge in [0, 0.05) is 29.6 Å². The first-order valence-electron chi connectivity index (χ1n) is 7.90. The zero-order valence-corrected chi connectivity index (χ0v) is 16.9. The summed E-state index contributed by atoms with van der Waals surface area (Å²) in [4.78, 5) is 26.4. The number of benzene rings is 1. The van der Waals surface area contributed by atoms with Gasteiger partial charge in [0.25, 0.3) is 5.91 Å². The number of nitrogens with one attached hydrogen (secondary N) is 1. The maximum Gasteiger partial charge on any atom is 0.252 e. The Morgan fingerprint density at radius 1 is 1.21 bits per heavy atom. The van der Waals surface area contributed by atoms with Crippen LogP contribution in [0.4, 0.5) is 0 Å². The second-order valence-corrected chi connectivity index (χ2v) is 7.12. The number of nitrogens with zero attached hydrogens (tertiary/aromatic N) is 1. The Hall–Kier alpha value is -1.33. The summed E-state index contributed by atoms with van der Waals surface area (Å²) >= 11 is 3.42. The highest BCUT2D eigenvalue weighted by Gasteiger charge is 2.39. The predicted octanol–water partition coefficient (Wildman–Crippen LogP) is 3.79. The molecule has 1 N–H and O–H groups in total. The van der Waals surface area contributed by atoms with Crippen LogP contribution in [0.2, 0.25) is 0 Å². The second-order valence-electron chi connectivity index (χ2n) is 6.20. The van der Waals surface area contributed by atoms with Crippen molar-refractivity contribution >= 4 is 45.7 Å². The van der Waals surface area contributed by atoms with Crippen LogP contribution in [0.15, 0.2) is 34.3 Å². The van der Waals surface area contributed by atoms with Crippen LogP contribution in [0, 0.1) is 0 Å². The molecule has 6 heteroatoms. The summed E-state index contributed by atoms with van der Waals surface area (Å²) in [5.41, 5.74) is 2.07. The minimum absolute atomic E-state index is 0. The molecule has 1 aliphatic rings. The van der Waals surface area contributed by atoms with E-state index in [1.807, 2.05) is 52.0 Å². The minimum atomic E-state index is -0.457. The van der Waals surface area contributed by atoms with E-state index in [-0.39, 0.29) is 24.2 Å². The lowest BCUT2D eigenvalue weighted by molar-refractivity contribution is -0.130. The molecule has 0 saturated carbocycles. The first kappa shape index (κ1) is 20.7. The average Bonchev–Trinajstić information content (AvgIpc) is 2.73. The van der Waals surface area contributed by atoms with Crippen LogP contribution >= 0.6 is 28.3 Å². The molecule has 0 atom stereocenters. The lowest BCUT2D eigenvalue weighted by Crippen LogP contribution is -2.42. The van der Waals surface area contributed by atoms with Gasteiger partial charge in [0.2, 0.25) is 5.91 Å². The van der Waals surface area contributed by atoms with E-state index in [0.29, 0.717) is 25.1 Å². The number of rotatable bonds is 5. The molecule has 1 heterocycles. The largest absolute Gasteiger partial charge is 0.343 e. The van der Waals surface area contributed by atoms with Crippen molar-refractivity contribution in [3.8, 4) is 0 Å². The van der Waals surface area contributed by atoms with Gasteiger partial charge in [0.15, 0.2) is 0 Å². The number of amides is 2. The fourth-order valence-electron chi connectivity index (χ4n) is 2.86. The summed E-state index contributed by atoms with van der Waals surface area (Å²) in [6, 6.07) is 7.71. The minimum Gasteiger partial charge on any atom is -0.343 e. The number of carbonyl (C=O) groups excluding carboxylic acids is 2. The number of hydrogen-bond acceptors (Lipinski definition) is 2. The molecule has 0 fully saturated rings. The Labute approximate surface area is 158 Å². The van der Waals surface area contributed by atoms with Crippen molar-refractivity contribution in [2.75, 3.05) is 13.1 Å². The third-order valence-electron chi connectivity index (χ3n) is 4.23. The second kappa shape index (κ2) is 8.17. The van der Waals surface area contributed by atoms with Crippen LogP contribution in [0.1, 0.15) is 39.7 Å². The van der Waals surface area contributed by atoms with Crippen molar-refractivity contribution in [3.05, 3.63) is 39.9 Å². The van der Waals surface area contributed by atoms with Gasteiger partial charge in [0.1, 0.15) is 0 Å². The molecule has 1 aromatic rings. The van der Waals surface area contributed by atoms with Crippen LogP contribution in [0.25, 0.3) is 5.57 Å². The van der Waals surface area contributed by atoms with Crippen molar-refractivity contribution in [2.24, 2.45) is 0 Å². The molecular weight excluding hydrogens is 392 g/mol. The molecule has 132 valence electrons. The van der Waals surface area contributed by atoms with Crippen molar-refractivity contribution in [2.45, 2.75) is 39.7 Å². The number of likely N-dealkylation sites (N-methyl/N-ethyl adjacent to an activating group) is 1. The fraction of sp³-hybridized carbons (Fsp3) is 0.444. The highest BCUT2D eigenvalue weighted by molar-refractivity contribution is 9.10. The van der Waals surface area contributed by atoms with Crippen LogP contribution in [-0.2, 0) is 9.59 Å². The summed E-state index contributed by atoms with van der Waals surface area (Å²) < 4.78 is 0.970. The summed E-state index contributed by atoms with van der Waals surface area (Å²) in [6.45, 7) is 8.89. The molecule has 0 unspecified atom stereocenters. The lowest BCUT2D eigenvalue weighted by Gasteiger charge is -2.28. The molecule has 0 spiro atoms. The SMILES string of the molecule is CCC(=O)N(CC)CC1=C(c2ccc(Br)cc2)C(=O)NC1(C)C.Cl. The third kappa shape index (κ3) is 4.19. The molecule has 2 rings (SSSR count). The first-order valence-corrected chi connectivity index (χ1v) is 8.69. The topological polar surface area (TPSA) is 49.4 Å². The molecule has 24 heavy (non-hydrogen) atoms. The predicted molar refractivity (Wildman–Crippen MR) is 103 cm³/mol. The molecule has 2 amide bonds. The van der Waals surface area contributed by atoms with Gasteiger partial charge in [-0.25, -0.2) is 0 Å². The molecular formula is C18H24BrClN2O2. The van der Waals surface area contributed by atoms with E-state index in [1.54, 1.807) is 4.90 Å². The molecule has 1 aromatic carbocycles. The Kier molecular flexibility index (Phi) is 7.05. The highest BCUT2D eigenvalue weighted by Crippen LogP contribution is 2.34. The molecule has 0 bridgehead atoms. The molecule has 0 radical (unpaired) electrons. The Morgan fingerprint density at radius 3 is 2.29 bits per heavy atom. The Bertz CT molecular complexity index is 653. The van der Waals surface area contributed by atoms with Crippen LogP contribution < -0.4 is 5.32 Å². The van der Waals surface area contributed by atoms with Crippen molar-refractivity contribution in [1.29, 1.82) is 0 Å². The van der Waals surface area contributed by atoms with Crippen molar-refractivity contribution in [1.82, 2.24) is 10.2 Å².